The molecule has 0 bridgehead atoms. The van der Waals surface area contributed by atoms with Crippen LogP contribution in [0.15, 0.2) is 24.3 Å². The van der Waals surface area contributed by atoms with Crippen LogP contribution in [0.3, 0.4) is 0 Å². The van der Waals surface area contributed by atoms with E-state index in [1.807, 2.05) is 0 Å². The van der Waals surface area contributed by atoms with Crippen molar-refractivity contribution in [3.63, 3.8) is 0 Å². The van der Waals surface area contributed by atoms with Crippen LogP contribution in [0.2, 0.25) is 0 Å². The van der Waals surface area contributed by atoms with E-state index in [0.29, 0.717) is 18.7 Å². The van der Waals surface area contributed by atoms with E-state index in [0.717, 1.165) is 12.8 Å². The van der Waals surface area contributed by atoms with Gasteiger partial charge in [0.25, 0.3) is 0 Å². The van der Waals surface area contributed by atoms with Crippen LogP contribution >= 0.6 is 0 Å². The summed E-state index contributed by atoms with van der Waals surface area (Å²) in [5.74, 6) is -0.966. The molecule has 1 heterocycles. The Morgan fingerprint density at radius 3 is 2.89 bits per heavy atom. The lowest BCUT2D eigenvalue weighted by Gasteiger charge is -2.32. The molecule has 1 aromatic rings. The number of carbonyl (C=O) groups excluding carboxylic acids is 1. The first-order valence-corrected chi connectivity index (χ1v) is 6.31. The standard InChI is InChI=1S/C14H18FNO2/c1-10(12-6-2-3-7-13(12)15)14(18)16-8-4-5-11(17)9-16/h2-3,6-7,10-11,17H,4-5,8-9H2,1H3. The number of amides is 1. The minimum Gasteiger partial charge on any atom is -0.391 e. The van der Waals surface area contributed by atoms with E-state index in [2.05, 4.69) is 0 Å². The van der Waals surface area contributed by atoms with Gasteiger partial charge in [-0.2, -0.15) is 0 Å². The van der Waals surface area contributed by atoms with E-state index in [9.17, 15) is 14.3 Å². The van der Waals surface area contributed by atoms with Crippen LogP contribution in [0.25, 0.3) is 0 Å². The molecule has 98 valence electrons. The summed E-state index contributed by atoms with van der Waals surface area (Å²) in [6.07, 6.45) is 1.09. The third-order valence-electron chi connectivity index (χ3n) is 3.45. The van der Waals surface area contributed by atoms with Crippen molar-refractivity contribution >= 4 is 5.91 Å². The van der Waals surface area contributed by atoms with Gasteiger partial charge in [0.15, 0.2) is 0 Å². The Bertz CT molecular complexity index is 436. The molecule has 1 aliphatic heterocycles. The molecule has 1 aromatic carbocycles. The number of hydrogen-bond donors (Lipinski definition) is 1. The minimum absolute atomic E-state index is 0.112. The van der Waals surface area contributed by atoms with Gasteiger partial charge < -0.3 is 10.0 Å². The SMILES string of the molecule is CC(C(=O)N1CCCC(O)C1)c1ccccc1F. The van der Waals surface area contributed by atoms with Crippen LogP contribution in [0.1, 0.15) is 31.2 Å². The molecule has 1 fully saturated rings. The molecular weight excluding hydrogens is 233 g/mol. The largest absolute Gasteiger partial charge is 0.391 e. The van der Waals surface area contributed by atoms with Gasteiger partial charge in [0, 0.05) is 13.1 Å². The third-order valence-corrected chi connectivity index (χ3v) is 3.45. The van der Waals surface area contributed by atoms with Crippen molar-refractivity contribution in [1.82, 2.24) is 4.90 Å². The van der Waals surface area contributed by atoms with E-state index in [4.69, 9.17) is 0 Å². The number of piperidine rings is 1. The zero-order valence-corrected chi connectivity index (χ0v) is 10.5. The van der Waals surface area contributed by atoms with Crippen LogP contribution in [-0.4, -0.2) is 35.1 Å². The molecule has 2 atom stereocenters. The summed E-state index contributed by atoms with van der Waals surface area (Å²) in [7, 11) is 0. The average molecular weight is 251 g/mol. The van der Waals surface area contributed by atoms with Crippen molar-refractivity contribution in [2.75, 3.05) is 13.1 Å². The van der Waals surface area contributed by atoms with Gasteiger partial charge in [-0.25, -0.2) is 4.39 Å². The van der Waals surface area contributed by atoms with Crippen molar-refractivity contribution in [3.05, 3.63) is 35.6 Å². The number of halogens is 1. The van der Waals surface area contributed by atoms with Crippen molar-refractivity contribution in [2.24, 2.45) is 0 Å². The van der Waals surface area contributed by atoms with Gasteiger partial charge in [-0.15, -0.1) is 0 Å². The van der Waals surface area contributed by atoms with E-state index in [-0.39, 0.29) is 11.7 Å². The summed E-state index contributed by atoms with van der Waals surface area (Å²) in [5, 5.41) is 9.57. The number of aliphatic hydroxyl groups is 1. The van der Waals surface area contributed by atoms with Crippen LogP contribution in [0, 0.1) is 5.82 Å². The van der Waals surface area contributed by atoms with Gasteiger partial charge in [0.2, 0.25) is 5.91 Å². The summed E-state index contributed by atoms with van der Waals surface area (Å²) in [6.45, 7) is 2.72. The number of likely N-dealkylation sites (tertiary alicyclic amines) is 1. The third kappa shape index (κ3) is 2.70. The first-order chi connectivity index (χ1) is 8.59. The van der Waals surface area contributed by atoms with Crippen LogP contribution in [-0.2, 0) is 4.79 Å². The fraction of sp³-hybridized carbons (Fsp3) is 0.500. The highest BCUT2D eigenvalue weighted by molar-refractivity contribution is 5.83. The molecule has 1 N–H and O–H groups in total. The summed E-state index contributed by atoms with van der Waals surface area (Å²) in [5.41, 5.74) is 0.419. The van der Waals surface area contributed by atoms with Gasteiger partial charge in [-0.3, -0.25) is 4.79 Å². The number of β-amino-alcohol motifs (C(OH)–C–C–N with tert-alkyl or cyclic N) is 1. The van der Waals surface area contributed by atoms with Crippen LogP contribution in [0.4, 0.5) is 4.39 Å². The summed E-state index contributed by atoms with van der Waals surface area (Å²) in [4.78, 5) is 13.9. The maximum atomic E-state index is 13.6. The number of carbonyl (C=O) groups is 1. The Labute approximate surface area is 106 Å². The van der Waals surface area contributed by atoms with Crippen LogP contribution < -0.4 is 0 Å². The van der Waals surface area contributed by atoms with Crippen molar-refractivity contribution in [1.29, 1.82) is 0 Å². The van der Waals surface area contributed by atoms with Gasteiger partial charge in [0.05, 0.1) is 12.0 Å². The van der Waals surface area contributed by atoms with Gasteiger partial charge >= 0.3 is 0 Å². The molecule has 18 heavy (non-hydrogen) atoms. The van der Waals surface area contributed by atoms with Gasteiger partial charge in [-0.05, 0) is 31.4 Å². The quantitative estimate of drug-likeness (QED) is 0.872. The van der Waals surface area contributed by atoms with Crippen LogP contribution in [0.5, 0.6) is 0 Å². The fourth-order valence-corrected chi connectivity index (χ4v) is 2.39. The molecule has 0 radical (unpaired) electrons. The Hall–Kier alpha value is -1.42. The van der Waals surface area contributed by atoms with E-state index in [1.54, 1.807) is 30.0 Å². The Morgan fingerprint density at radius 1 is 1.50 bits per heavy atom. The maximum absolute atomic E-state index is 13.6. The van der Waals surface area contributed by atoms with E-state index in [1.165, 1.54) is 6.07 Å². The molecule has 4 heteroatoms. The lowest BCUT2D eigenvalue weighted by atomic mass is 9.97. The molecule has 1 aliphatic rings. The molecule has 2 unspecified atom stereocenters. The Morgan fingerprint density at radius 2 is 2.22 bits per heavy atom. The first kappa shape index (κ1) is 13.0. The highest BCUT2D eigenvalue weighted by atomic mass is 19.1. The maximum Gasteiger partial charge on any atom is 0.230 e. The lowest BCUT2D eigenvalue weighted by Crippen LogP contribution is -2.43. The zero-order valence-electron chi connectivity index (χ0n) is 10.5. The molecule has 1 saturated heterocycles. The monoisotopic (exact) mass is 251 g/mol. The number of nitrogens with zero attached hydrogens (tertiary/aromatic N) is 1. The molecule has 2 rings (SSSR count). The second-order valence-corrected chi connectivity index (χ2v) is 4.82. The number of rotatable bonds is 2. The molecule has 3 nitrogen and oxygen atoms in total. The van der Waals surface area contributed by atoms with Gasteiger partial charge in [-0.1, -0.05) is 18.2 Å². The predicted molar refractivity (Wildman–Crippen MR) is 66.6 cm³/mol. The predicted octanol–water partition coefficient (Wildman–Crippen LogP) is 1.91. The van der Waals surface area contributed by atoms with E-state index >= 15 is 0 Å². The first-order valence-electron chi connectivity index (χ1n) is 6.31. The molecule has 1 amide bonds. The summed E-state index contributed by atoms with van der Waals surface area (Å²) >= 11 is 0. The lowest BCUT2D eigenvalue weighted by molar-refractivity contribution is -0.135. The minimum atomic E-state index is -0.503. The average Bonchev–Trinajstić information content (AvgIpc) is 2.37. The van der Waals surface area contributed by atoms with Crippen molar-refractivity contribution in [3.8, 4) is 0 Å². The molecule has 0 saturated carbocycles. The fourth-order valence-electron chi connectivity index (χ4n) is 2.39. The number of aliphatic hydroxyl groups excluding tert-OH is 1. The number of hydrogen-bond acceptors (Lipinski definition) is 2. The highest BCUT2D eigenvalue weighted by Crippen LogP contribution is 2.22. The Kier molecular flexibility index (Phi) is 3.97. The topological polar surface area (TPSA) is 40.5 Å². The highest BCUT2D eigenvalue weighted by Gasteiger charge is 2.27. The zero-order chi connectivity index (χ0) is 13.1. The molecule has 0 aliphatic carbocycles. The van der Waals surface area contributed by atoms with Crippen molar-refractivity contribution < 1.29 is 14.3 Å². The number of benzene rings is 1. The summed E-state index contributed by atoms with van der Waals surface area (Å²) < 4.78 is 13.6. The van der Waals surface area contributed by atoms with Crippen molar-refractivity contribution in [2.45, 2.75) is 31.8 Å². The second kappa shape index (κ2) is 5.48. The smallest absolute Gasteiger partial charge is 0.230 e. The molecule has 0 spiro atoms. The molecule has 0 aromatic heterocycles. The normalized spacial score (nSPS) is 21.7. The van der Waals surface area contributed by atoms with E-state index < -0.39 is 12.0 Å². The molecular formula is C14H18FNO2. The second-order valence-electron chi connectivity index (χ2n) is 4.82. The summed E-state index contributed by atoms with van der Waals surface area (Å²) in [6, 6.07) is 6.34. The van der Waals surface area contributed by atoms with Gasteiger partial charge in [0.1, 0.15) is 5.82 Å². The Balaban J connectivity index is 2.11.